The zero-order chi connectivity index (χ0) is 25.0. The van der Waals surface area contributed by atoms with Crippen molar-refractivity contribution in [1.29, 1.82) is 0 Å². The van der Waals surface area contributed by atoms with Gasteiger partial charge < -0.3 is 10.6 Å². The number of nitrogens with zero attached hydrogens (tertiary/aromatic N) is 7. The molecular weight excluding hydrogens is 440 g/mol. The number of azo groups is 2. The van der Waals surface area contributed by atoms with E-state index >= 15 is 0 Å². The van der Waals surface area contributed by atoms with Gasteiger partial charge in [-0.15, -0.1) is 0 Å². The first-order valence-electron chi connectivity index (χ1n) is 11.4. The molecule has 182 valence electrons. The van der Waals surface area contributed by atoms with E-state index < -0.39 is 0 Å². The van der Waals surface area contributed by atoms with Crippen molar-refractivity contribution >= 4 is 34.7 Å². The average molecular weight is 475 g/mol. The second-order valence-electron chi connectivity index (χ2n) is 7.89. The minimum atomic E-state index is 0.620. The van der Waals surface area contributed by atoms with Crippen LogP contribution in [-0.2, 0) is 14.1 Å². The van der Waals surface area contributed by atoms with Gasteiger partial charge in [-0.3, -0.25) is 5.32 Å². The molecule has 3 rings (SSSR count). The minimum Gasteiger partial charge on any atom is -0.385 e. The van der Waals surface area contributed by atoms with E-state index in [1.54, 1.807) is 17.8 Å². The third-order valence-electron chi connectivity index (χ3n) is 5.24. The molecule has 0 aliphatic rings. The van der Waals surface area contributed by atoms with Crippen molar-refractivity contribution < 1.29 is 9.14 Å². The molecule has 0 spiro atoms. The molecule has 3 N–H and O–H groups in total. The number of benzene rings is 2. The number of guanidine groups is 1. The average Bonchev–Trinajstić information content (AvgIpc) is 3.21. The van der Waals surface area contributed by atoms with E-state index in [4.69, 9.17) is 0 Å². The molecule has 0 bridgehead atoms. The van der Waals surface area contributed by atoms with Crippen molar-refractivity contribution in [3.63, 3.8) is 0 Å². The lowest BCUT2D eigenvalue weighted by atomic mass is 10.2. The highest BCUT2D eigenvalue weighted by atomic mass is 15.3. The molecule has 1 aromatic heterocycles. The highest BCUT2D eigenvalue weighted by Gasteiger charge is 2.10. The Balaban J connectivity index is 1.39. The van der Waals surface area contributed by atoms with Crippen LogP contribution in [0, 0.1) is 0 Å². The predicted octanol–water partition coefficient (Wildman–Crippen LogP) is 4.62. The largest absolute Gasteiger partial charge is 0.421 e. The van der Waals surface area contributed by atoms with E-state index in [9.17, 15) is 0 Å². The van der Waals surface area contributed by atoms with Gasteiger partial charge in [-0.1, -0.05) is 16.8 Å². The topological polar surface area (TPSA) is 97.3 Å². The van der Waals surface area contributed by atoms with Crippen molar-refractivity contribution in [2.45, 2.75) is 6.42 Å². The molecule has 10 heteroatoms. The van der Waals surface area contributed by atoms with E-state index in [0.717, 1.165) is 48.2 Å². The molecule has 0 amide bonds. The fourth-order valence-corrected chi connectivity index (χ4v) is 3.16. The molecule has 0 atom stereocenters. The smallest absolute Gasteiger partial charge is 0.385 e. The second-order valence-corrected chi connectivity index (χ2v) is 7.89. The fraction of sp³-hybridized carbons (Fsp3) is 0.280. The third-order valence-corrected chi connectivity index (χ3v) is 5.24. The van der Waals surface area contributed by atoms with Crippen molar-refractivity contribution in [3.05, 3.63) is 73.7 Å². The first-order chi connectivity index (χ1) is 17.0. The summed E-state index contributed by atoms with van der Waals surface area (Å²) in [6.07, 6.45) is 6.53. The van der Waals surface area contributed by atoms with Crippen LogP contribution in [0.2, 0.25) is 0 Å². The number of rotatable bonds is 10. The van der Waals surface area contributed by atoms with Gasteiger partial charge in [-0.2, -0.15) is 0 Å². The van der Waals surface area contributed by atoms with Gasteiger partial charge in [0.2, 0.25) is 0 Å². The normalized spacial score (nSPS) is 12.1. The zero-order valence-electron chi connectivity index (χ0n) is 20.8. The summed E-state index contributed by atoms with van der Waals surface area (Å²) < 4.78 is 5.62. The van der Waals surface area contributed by atoms with E-state index in [1.165, 1.54) is 0 Å². The Bertz CT molecular complexity index is 1170. The van der Waals surface area contributed by atoms with Gasteiger partial charge in [0, 0.05) is 34.7 Å². The summed E-state index contributed by atoms with van der Waals surface area (Å²) in [7, 11) is 7.54. The Morgan fingerprint density at radius 3 is 2.03 bits per heavy atom. The third kappa shape index (κ3) is 7.60. The van der Waals surface area contributed by atoms with E-state index in [0.29, 0.717) is 5.96 Å². The van der Waals surface area contributed by atoms with Crippen LogP contribution >= 0.6 is 0 Å². The van der Waals surface area contributed by atoms with Gasteiger partial charge in [0.25, 0.3) is 0 Å². The number of aromatic nitrogens is 2. The van der Waals surface area contributed by atoms with Crippen LogP contribution in [0.3, 0.4) is 0 Å². The molecule has 35 heavy (non-hydrogen) atoms. The lowest BCUT2D eigenvalue weighted by Crippen LogP contribution is -2.25. The van der Waals surface area contributed by atoms with Crippen LogP contribution in [0.15, 0.2) is 94.2 Å². The SMILES string of the molecule is C=C[N+](C)=C(N=Nc1ccc(NCCCNc2ccc(N=Nc3n(C)cc[n+]3C)cc2)cc1)NC. The van der Waals surface area contributed by atoms with Crippen molar-refractivity contribution in [1.82, 2.24) is 9.88 Å². The van der Waals surface area contributed by atoms with E-state index in [-0.39, 0.29) is 0 Å². The molecule has 0 unspecified atom stereocenters. The number of anilines is 2. The maximum atomic E-state index is 4.32. The number of nitrogens with one attached hydrogen (secondary N) is 3. The maximum absolute atomic E-state index is 4.32. The predicted molar refractivity (Wildman–Crippen MR) is 140 cm³/mol. The van der Waals surface area contributed by atoms with E-state index in [1.807, 2.05) is 91.2 Å². The van der Waals surface area contributed by atoms with Crippen molar-refractivity contribution in [2.75, 3.05) is 37.8 Å². The van der Waals surface area contributed by atoms with Crippen LogP contribution in [0.25, 0.3) is 0 Å². The Morgan fingerprint density at radius 2 is 1.54 bits per heavy atom. The summed E-state index contributed by atoms with van der Waals surface area (Å²) in [5.74, 6) is 1.41. The summed E-state index contributed by atoms with van der Waals surface area (Å²) in [6, 6.07) is 15.8. The summed E-state index contributed by atoms with van der Waals surface area (Å²) in [4.78, 5) is 0. The molecule has 10 nitrogen and oxygen atoms in total. The van der Waals surface area contributed by atoms with Gasteiger partial charge in [0.05, 0.1) is 46.8 Å². The second kappa shape index (κ2) is 12.8. The van der Waals surface area contributed by atoms with Crippen LogP contribution in [0.4, 0.5) is 28.7 Å². The highest BCUT2D eigenvalue weighted by Crippen LogP contribution is 2.19. The Morgan fingerprint density at radius 1 is 0.971 bits per heavy atom. The highest BCUT2D eigenvalue weighted by molar-refractivity contribution is 5.75. The first-order valence-corrected chi connectivity index (χ1v) is 11.4. The van der Waals surface area contributed by atoms with Crippen molar-refractivity contribution in [2.24, 2.45) is 34.6 Å². The molecule has 0 saturated heterocycles. The Labute approximate surface area is 206 Å². The number of hydrogen-bond acceptors (Lipinski definition) is 5. The molecule has 0 saturated carbocycles. The summed E-state index contributed by atoms with van der Waals surface area (Å²) in [5.41, 5.74) is 3.70. The summed E-state index contributed by atoms with van der Waals surface area (Å²) in [5, 5.41) is 26.9. The summed E-state index contributed by atoms with van der Waals surface area (Å²) >= 11 is 0. The first kappa shape index (κ1) is 25.3. The summed E-state index contributed by atoms with van der Waals surface area (Å²) in [6.45, 7) is 5.44. The van der Waals surface area contributed by atoms with Crippen molar-refractivity contribution in [3.8, 4) is 0 Å². The molecule has 3 aromatic rings. The molecule has 0 aliphatic carbocycles. The lowest BCUT2D eigenvalue weighted by molar-refractivity contribution is -0.657. The van der Waals surface area contributed by atoms with Gasteiger partial charge in [0.1, 0.15) is 11.4 Å². The lowest BCUT2D eigenvalue weighted by Gasteiger charge is -2.08. The number of hydrogen-bond donors (Lipinski definition) is 3. The van der Waals surface area contributed by atoms with Crippen LogP contribution in [0.5, 0.6) is 0 Å². The number of imidazole rings is 1. The van der Waals surface area contributed by atoms with E-state index in [2.05, 4.69) is 43.0 Å². The molecule has 0 radical (unpaired) electrons. The number of aryl methyl sites for hydroxylation is 2. The Kier molecular flexibility index (Phi) is 9.23. The van der Waals surface area contributed by atoms with Gasteiger partial charge in [-0.05, 0) is 55.0 Å². The maximum Gasteiger partial charge on any atom is 0.421 e. The van der Waals surface area contributed by atoms with Gasteiger partial charge in [-0.25, -0.2) is 13.7 Å². The minimum absolute atomic E-state index is 0.620. The monoisotopic (exact) mass is 474 g/mol. The molecule has 0 aliphatic heterocycles. The molecule has 2 aromatic carbocycles. The quantitative estimate of drug-likeness (QED) is 0.131. The zero-order valence-corrected chi connectivity index (χ0v) is 20.8. The molecule has 1 heterocycles. The van der Waals surface area contributed by atoms with Gasteiger partial charge >= 0.3 is 11.9 Å². The van der Waals surface area contributed by atoms with Crippen LogP contribution in [0.1, 0.15) is 6.42 Å². The molecular formula is C25H34N10+2. The standard InChI is InChI=1S/C25H32N10/c1-6-33(3)24(26-2)31-29-22-12-8-20(9-13-22)27-16-7-17-28-21-10-14-23(15-11-21)30-32-25-34(4)18-19-35(25)5/h6,8-15,18-19H,1,7,16-17H2,2-5H3,(H,26,27,31)/p+2. The van der Waals surface area contributed by atoms with Gasteiger partial charge in [0.15, 0.2) is 0 Å². The fourth-order valence-electron chi connectivity index (χ4n) is 3.16. The Hall–Kier alpha value is -4.34. The van der Waals surface area contributed by atoms with Crippen LogP contribution in [-0.4, -0.2) is 42.3 Å². The molecule has 0 fully saturated rings. The van der Waals surface area contributed by atoms with Crippen LogP contribution < -0.4 is 20.5 Å².